The predicted octanol–water partition coefficient (Wildman–Crippen LogP) is 3.46. The monoisotopic (exact) mass is 319 g/mol. The van der Waals surface area contributed by atoms with Crippen LogP contribution in [0.3, 0.4) is 0 Å². The van der Waals surface area contributed by atoms with E-state index in [0.29, 0.717) is 11.5 Å². The van der Waals surface area contributed by atoms with E-state index in [2.05, 4.69) is 15.6 Å². The minimum Gasteiger partial charge on any atom is -0.494 e. The van der Waals surface area contributed by atoms with Gasteiger partial charge in [0, 0.05) is 6.54 Å². The van der Waals surface area contributed by atoms with Crippen LogP contribution >= 0.6 is 11.3 Å². The number of carbonyl (C=O) groups is 1. The number of thiazole rings is 1. The summed E-state index contributed by atoms with van der Waals surface area (Å²) in [4.78, 5) is 17.0. The standard InChI is InChI=1S/C16H21N3O2S/c1-4-17-16-18-10-14(22-16)15(20)19-11(3)12-6-8-13(9-7-12)21-5-2/h6-11H,4-5H2,1-3H3,(H,17,18)(H,19,20). The smallest absolute Gasteiger partial charge is 0.263 e. The number of hydrogen-bond donors (Lipinski definition) is 2. The molecule has 118 valence electrons. The van der Waals surface area contributed by atoms with Crippen molar-refractivity contribution < 1.29 is 9.53 Å². The molecule has 0 spiro atoms. The topological polar surface area (TPSA) is 63.2 Å². The Hall–Kier alpha value is -2.08. The highest BCUT2D eigenvalue weighted by Crippen LogP contribution is 2.21. The van der Waals surface area contributed by atoms with Crippen molar-refractivity contribution >= 4 is 22.4 Å². The molecule has 1 heterocycles. The average molecular weight is 319 g/mol. The lowest BCUT2D eigenvalue weighted by Crippen LogP contribution is -2.25. The van der Waals surface area contributed by atoms with Crippen LogP contribution in [-0.2, 0) is 0 Å². The van der Waals surface area contributed by atoms with E-state index in [-0.39, 0.29) is 11.9 Å². The third-order valence-electron chi connectivity index (χ3n) is 3.10. The van der Waals surface area contributed by atoms with E-state index in [1.165, 1.54) is 11.3 Å². The minimum absolute atomic E-state index is 0.0761. The summed E-state index contributed by atoms with van der Waals surface area (Å²) < 4.78 is 5.42. The fourth-order valence-electron chi connectivity index (χ4n) is 1.98. The summed E-state index contributed by atoms with van der Waals surface area (Å²) in [7, 11) is 0. The third kappa shape index (κ3) is 4.21. The summed E-state index contributed by atoms with van der Waals surface area (Å²) in [6.07, 6.45) is 1.60. The van der Waals surface area contributed by atoms with Crippen LogP contribution in [0.4, 0.5) is 5.13 Å². The van der Waals surface area contributed by atoms with Crippen molar-refractivity contribution in [1.29, 1.82) is 0 Å². The lowest BCUT2D eigenvalue weighted by Gasteiger charge is -2.14. The van der Waals surface area contributed by atoms with Gasteiger partial charge in [-0.1, -0.05) is 23.5 Å². The molecule has 1 atom stereocenters. The van der Waals surface area contributed by atoms with E-state index in [4.69, 9.17) is 4.74 Å². The maximum Gasteiger partial charge on any atom is 0.263 e. The van der Waals surface area contributed by atoms with E-state index in [1.807, 2.05) is 45.0 Å². The van der Waals surface area contributed by atoms with Gasteiger partial charge in [-0.05, 0) is 38.5 Å². The molecule has 0 bridgehead atoms. The zero-order chi connectivity index (χ0) is 15.9. The van der Waals surface area contributed by atoms with Crippen LogP contribution in [0.5, 0.6) is 5.75 Å². The largest absolute Gasteiger partial charge is 0.494 e. The number of carbonyl (C=O) groups excluding carboxylic acids is 1. The van der Waals surface area contributed by atoms with Crippen LogP contribution in [0.15, 0.2) is 30.5 Å². The summed E-state index contributed by atoms with van der Waals surface area (Å²) in [5.41, 5.74) is 1.04. The number of rotatable bonds is 7. The average Bonchev–Trinajstić information content (AvgIpc) is 2.97. The SMILES string of the molecule is CCNc1ncc(C(=O)NC(C)c2ccc(OCC)cc2)s1. The second-order valence-corrected chi connectivity index (χ2v) is 5.79. The molecule has 2 rings (SSSR count). The second-order valence-electron chi connectivity index (χ2n) is 4.76. The van der Waals surface area contributed by atoms with Gasteiger partial charge in [0.25, 0.3) is 5.91 Å². The molecule has 0 fully saturated rings. The molecule has 2 aromatic rings. The summed E-state index contributed by atoms with van der Waals surface area (Å²) >= 11 is 1.36. The molecule has 0 aliphatic carbocycles. The van der Waals surface area contributed by atoms with Crippen molar-refractivity contribution in [2.24, 2.45) is 0 Å². The number of amides is 1. The number of nitrogens with one attached hydrogen (secondary N) is 2. The van der Waals surface area contributed by atoms with Gasteiger partial charge in [-0.2, -0.15) is 0 Å². The predicted molar refractivity (Wildman–Crippen MR) is 89.8 cm³/mol. The number of hydrogen-bond acceptors (Lipinski definition) is 5. The fourth-order valence-corrected chi connectivity index (χ4v) is 2.77. The van der Waals surface area contributed by atoms with Gasteiger partial charge in [0.2, 0.25) is 0 Å². The fraction of sp³-hybridized carbons (Fsp3) is 0.375. The quantitative estimate of drug-likeness (QED) is 0.820. The first kappa shape index (κ1) is 16.3. The summed E-state index contributed by atoms with van der Waals surface area (Å²) in [6.45, 7) is 7.34. The van der Waals surface area contributed by atoms with Gasteiger partial charge in [0.1, 0.15) is 10.6 Å². The van der Waals surface area contributed by atoms with Gasteiger partial charge < -0.3 is 15.4 Å². The lowest BCUT2D eigenvalue weighted by atomic mass is 10.1. The Morgan fingerprint density at radius 2 is 2.05 bits per heavy atom. The molecule has 5 nitrogen and oxygen atoms in total. The van der Waals surface area contributed by atoms with Crippen LogP contribution in [0, 0.1) is 0 Å². The van der Waals surface area contributed by atoms with Gasteiger partial charge in [0.15, 0.2) is 5.13 Å². The van der Waals surface area contributed by atoms with E-state index < -0.39 is 0 Å². The van der Waals surface area contributed by atoms with Gasteiger partial charge in [-0.25, -0.2) is 4.98 Å². The van der Waals surface area contributed by atoms with Crippen molar-refractivity contribution in [3.8, 4) is 5.75 Å². The van der Waals surface area contributed by atoms with Gasteiger partial charge >= 0.3 is 0 Å². The highest BCUT2D eigenvalue weighted by molar-refractivity contribution is 7.17. The Kier molecular flexibility index (Phi) is 5.77. The van der Waals surface area contributed by atoms with Crippen molar-refractivity contribution in [3.05, 3.63) is 40.9 Å². The zero-order valence-corrected chi connectivity index (χ0v) is 13.9. The number of benzene rings is 1. The highest BCUT2D eigenvalue weighted by atomic mass is 32.1. The molecule has 0 saturated carbocycles. The first-order chi connectivity index (χ1) is 10.6. The van der Waals surface area contributed by atoms with E-state index in [9.17, 15) is 4.79 Å². The number of anilines is 1. The Morgan fingerprint density at radius 1 is 1.32 bits per heavy atom. The Morgan fingerprint density at radius 3 is 2.68 bits per heavy atom. The van der Waals surface area contributed by atoms with Crippen LogP contribution in [-0.4, -0.2) is 24.0 Å². The molecule has 1 aromatic heterocycles. The maximum absolute atomic E-state index is 12.2. The first-order valence-electron chi connectivity index (χ1n) is 7.37. The van der Waals surface area contributed by atoms with E-state index >= 15 is 0 Å². The normalized spacial score (nSPS) is 11.8. The molecular formula is C16H21N3O2S. The van der Waals surface area contributed by atoms with Gasteiger partial charge in [0.05, 0.1) is 18.8 Å². The lowest BCUT2D eigenvalue weighted by molar-refractivity contribution is 0.0944. The molecule has 22 heavy (non-hydrogen) atoms. The van der Waals surface area contributed by atoms with Gasteiger partial charge in [-0.3, -0.25) is 4.79 Å². The highest BCUT2D eigenvalue weighted by Gasteiger charge is 2.14. The first-order valence-corrected chi connectivity index (χ1v) is 8.19. The van der Waals surface area contributed by atoms with Crippen LogP contribution in [0.1, 0.15) is 42.0 Å². The molecule has 6 heteroatoms. The summed E-state index contributed by atoms with van der Waals surface area (Å²) in [5, 5.41) is 6.85. The maximum atomic E-state index is 12.2. The molecule has 2 N–H and O–H groups in total. The van der Waals surface area contributed by atoms with Crippen LogP contribution in [0.2, 0.25) is 0 Å². The molecule has 1 amide bonds. The molecular weight excluding hydrogens is 298 g/mol. The minimum atomic E-state index is -0.108. The van der Waals surface area contributed by atoms with E-state index in [0.717, 1.165) is 23.0 Å². The zero-order valence-electron chi connectivity index (χ0n) is 13.1. The molecule has 0 radical (unpaired) electrons. The van der Waals surface area contributed by atoms with E-state index in [1.54, 1.807) is 6.20 Å². The molecule has 0 saturated heterocycles. The third-order valence-corrected chi connectivity index (χ3v) is 4.05. The Bertz CT molecular complexity index is 610. The van der Waals surface area contributed by atoms with Crippen molar-refractivity contribution in [2.45, 2.75) is 26.8 Å². The van der Waals surface area contributed by atoms with Crippen LogP contribution < -0.4 is 15.4 Å². The number of aromatic nitrogens is 1. The number of ether oxygens (including phenoxy) is 1. The summed E-state index contributed by atoms with van der Waals surface area (Å²) in [6, 6.07) is 7.68. The van der Waals surface area contributed by atoms with Crippen molar-refractivity contribution in [2.75, 3.05) is 18.5 Å². The second kappa shape index (κ2) is 7.79. The van der Waals surface area contributed by atoms with Gasteiger partial charge in [-0.15, -0.1) is 0 Å². The summed E-state index contributed by atoms with van der Waals surface area (Å²) in [5.74, 6) is 0.727. The molecule has 1 unspecified atom stereocenters. The molecule has 1 aromatic carbocycles. The molecule has 0 aliphatic rings. The van der Waals surface area contributed by atoms with Crippen LogP contribution in [0.25, 0.3) is 0 Å². The van der Waals surface area contributed by atoms with Crippen molar-refractivity contribution in [3.63, 3.8) is 0 Å². The number of nitrogens with zero attached hydrogens (tertiary/aromatic N) is 1. The Balaban J connectivity index is 1.97. The molecule has 0 aliphatic heterocycles. The van der Waals surface area contributed by atoms with Crippen molar-refractivity contribution in [1.82, 2.24) is 10.3 Å². The Labute approximate surface area is 134 Å².